The van der Waals surface area contributed by atoms with Crippen LogP contribution in [0.15, 0.2) is 51.6 Å². The summed E-state index contributed by atoms with van der Waals surface area (Å²) in [6.07, 6.45) is 4.01. The summed E-state index contributed by atoms with van der Waals surface area (Å²) < 4.78 is 10.6. The predicted molar refractivity (Wildman–Crippen MR) is 88.6 cm³/mol. The normalized spacial score (nSPS) is 22.6. The molecule has 6 nitrogen and oxygen atoms in total. The predicted octanol–water partition coefficient (Wildman–Crippen LogP) is 3.33. The maximum Gasteiger partial charge on any atom is 0.293 e. The molecule has 0 N–H and O–H groups in total. The molecule has 0 bridgehead atoms. The lowest BCUT2D eigenvalue weighted by Gasteiger charge is -2.25. The average molecular weight is 335 g/mol. The molecule has 1 aliphatic heterocycles. The van der Waals surface area contributed by atoms with Crippen molar-refractivity contribution in [1.29, 1.82) is 0 Å². The summed E-state index contributed by atoms with van der Waals surface area (Å²) >= 11 is 0. The number of hydrogen-bond donors (Lipinski definition) is 0. The zero-order valence-electron chi connectivity index (χ0n) is 13.6. The van der Waals surface area contributed by atoms with E-state index in [1.807, 2.05) is 11.0 Å². The molecule has 1 aliphatic carbocycles. The summed E-state index contributed by atoms with van der Waals surface area (Å²) in [5, 5.41) is 4.07. The van der Waals surface area contributed by atoms with E-state index in [1.165, 1.54) is 11.1 Å². The monoisotopic (exact) mass is 335 g/mol. The molecule has 2 aliphatic rings. The van der Waals surface area contributed by atoms with E-state index in [0.29, 0.717) is 30.4 Å². The molecule has 6 heteroatoms. The molecule has 0 saturated carbocycles. The number of rotatable bonds is 3. The van der Waals surface area contributed by atoms with Gasteiger partial charge in [-0.1, -0.05) is 29.4 Å². The molecule has 25 heavy (non-hydrogen) atoms. The molecule has 0 radical (unpaired) electrons. The zero-order valence-corrected chi connectivity index (χ0v) is 13.6. The van der Waals surface area contributed by atoms with Crippen molar-refractivity contribution in [2.45, 2.75) is 31.2 Å². The fourth-order valence-corrected chi connectivity index (χ4v) is 3.97. The summed E-state index contributed by atoms with van der Waals surface area (Å²) in [6.45, 7) is 0.634. The van der Waals surface area contributed by atoms with Crippen molar-refractivity contribution in [2.75, 3.05) is 6.54 Å². The smallest absolute Gasteiger partial charge is 0.293 e. The number of nitrogens with zero attached hydrogens (tertiary/aromatic N) is 3. The first-order valence-corrected chi connectivity index (χ1v) is 8.54. The Morgan fingerprint density at radius 2 is 2.08 bits per heavy atom. The van der Waals surface area contributed by atoms with Crippen LogP contribution in [0, 0.1) is 0 Å². The van der Waals surface area contributed by atoms with Gasteiger partial charge in [-0.2, -0.15) is 4.98 Å². The van der Waals surface area contributed by atoms with E-state index in [1.54, 1.807) is 18.4 Å². The second kappa shape index (κ2) is 5.58. The van der Waals surface area contributed by atoms with Gasteiger partial charge in [0.15, 0.2) is 11.6 Å². The van der Waals surface area contributed by atoms with E-state index < -0.39 is 0 Å². The third kappa shape index (κ3) is 2.36. The second-order valence-corrected chi connectivity index (χ2v) is 6.64. The fourth-order valence-electron chi connectivity index (χ4n) is 3.97. The summed E-state index contributed by atoms with van der Waals surface area (Å²) in [5.41, 5.74) is 2.63. The lowest BCUT2D eigenvalue weighted by molar-refractivity contribution is -0.129. The Balaban J connectivity index is 1.38. The number of amides is 1. The molecule has 0 unspecified atom stereocenters. The number of aryl methyl sites for hydroxylation is 1. The Kier molecular flexibility index (Phi) is 3.23. The first-order valence-electron chi connectivity index (χ1n) is 8.54. The molecule has 1 amide bonds. The van der Waals surface area contributed by atoms with Crippen molar-refractivity contribution in [1.82, 2.24) is 15.0 Å². The summed E-state index contributed by atoms with van der Waals surface area (Å²) in [4.78, 5) is 19.0. The Morgan fingerprint density at radius 3 is 2.96 bits per heavy atom. The highest BCUT2D eigenvalue weighted by Crippen LogP contribution is 2.40. The number of carbonyl (C=O) groups is 1. The van der Waals surface area contributed by atoms with Gasteiger partial charge in [0.1, 0.15) is 0 Å². The van der Waals surface area contributed by atoms with Crippen LogP contribution in [0.1, 0.15) is 41.8 Å². The minimum Gasteiger partial charge on any atom is -0.459 e. The number of aromatic nitrogens is 2. The van der Waals surface area contributed by atoms with E-state index in [-0.39, 0.29) is 17.9 Å². The Labute approximate surface area is 144 Å². The van der Waals surface area contributed by atoms with Gasteiger partial charge in [0.25, 0.3) is 5.89 Å². The highest BCUT2D eigenvalue weighted by molar-refractivity contribution is 5.80. The van der Waals surface area contributed by atoms with E-state index in [2.05, 4.69) is 28.3 Å². The molecule has 3 aromatic rings. The third-order valence-electron chi connectivity index (χ3n) is 5.17. The molecule has 5 rings (SSSR count). The summed E-state index contributed by atoms with van der Waals surface area (Å²) in [5.74, 6) is 1.61. The van der Waals surface area contributed by atoms with Crippen molar-refractivity contribution < 1.29 is 13.7 Å². The standard InChI is InChI=1S/C19H17N3O3/c23-17-10-13(18-20-19(25-21-18)16-6-3-9-24-16)11-22(17)15-8-7-12-4-1-2-5-14(12)15/h1-6,9,13,15H,7-8,10-11H2/t13-,15+/m1/s1. The maximum absolute atomic E-state index is 12.6. The third-order valence-corrected chi connectivity index (χ3v) is 5.17. The molecular weight excluding hydrogens is 318 g/mol. The van der Waals surface area contributed by atoms with Gasteiger partial charge < -0.3 is 13.8 Å². The molecule has 2 atom stereocenters. The Hall–Kier alpha value is -2.89. The topological polar surface area (TPSA) is 72.4 Å². The molecule has 1 saturated heterocycles. The number of fused-ring (bicyclic) bond motifs is 1. The molecule has 2 aromatic heterocycles. The van der Waals surface area contributed by atoms with Gasteiger partial charge >= 0.3 is 0 Å². The van der Waals surface area contributed by atoms with Crippen LogP contribution < -0.4 is 0 Å². The molecular formula is C19H17N3O3. The fraction of sp³-hybridized carbons (Fsp3) is 0.316. The number of carbonyl (C=O) groups excluding carboxylic acids is 1. The first-order chi connectivity index (χ1) is 12.3. The minimum atomic E-state index is -0.0345. The summed E-state index contributed by atoms with van der Waals surface area (Å²) in [6, 6.07) is 12.1. The van der Waals surface area contributed by atoms with Crippen molar-refractivity contribution in [3.8, 4) is 11.7 Å². The molecule has 126 valence electrons. The van der Waals surface area contributed by atoms with Crippen LogP contribution in [0.25, 0.3) is 11.7 Å². The van der Waals surface area contributed by atoms with Crippen LogP contribution in [-0.4, -0.2) is 27.5 Å². The largest absolute Gasteiger partial charge is 0.459 e. The molecule has 3 heterocycles. The number of hydrogen-bond acceptors (Lipinski definition) is 5. The van der Waals surface area contributed by atoms with Crippen molar-refractivity contribution in [3.05, 3.63) is 59.6 Å². The quantitative estimate of drug-likeness (QED) is 0.734. The highest BCUT2D eigenvalue weighted by atomic mass is 16.5. The average Bonchev–Trinajstić information content (AvgIpc) is 3.40. The van der Waals surface area contributed by atoms with E-state index >= 15 is 0 Å². The van der Waals surface area contributed by atoms with E-state index in [4.69, 9.17) is 8.94 Å². The SMILES string of the molecule is O=C1C[C@@H](c2noc(-c3ccco3)n2)CN1[C@H]1CCc2ccccc21. The van der Waals surface area contributed by atoms with Crippen LogP contribution in [0.2, 0.25) is 0 Å². The van der Waals surface area contributed by atoms with Crippen LogP contribution in [0.3, 0.4) is 0 Å². The van der Waals surface area contributed by atoms with Gasteiger partial charge in [-0.05, 0) is 36.1 Å². The van der Waals surface area contributed by atoms with E-state index in [0.717, 1.165) is 12.8 Å². The van der Waals surface area contributed by atoms with E-state index in [9.17, 15) is 4.79 Å². The van der Waals surface area contributed by atoms with Gasteiger partial charge in [-0.25, -0.2) is 0 Å². The zero-order chi connectivity index (χ0) is 16.8. The van der Waals surface area contributed by atoms with Gasteiger partial charge in [-0.15, -0.1) is 0 Å². The second-order valence-electron chi connectivity index (χ2n) is 6.64. The van der Waals surface area contributed by atoms with Gasteiger partial charge in [0.2, 0.25) is 5.91 Å². The maximum atomic E-state index is 12.6. The van der Waals surface area contributed by atoms with Crippen LogP contribution >= 0.6 is 0 Å². The lowest BCUT2D eigenvalue weighted by atomic mass is 10.1. The summed E-state index contributed by atoms with van der Waals surface area (Å²) in [7, 11) is 0. The van der Waals surface area contributed by atoms with Gasteiger partial charge in [0, 0.05) is 18.9 Å². The van der Waals surface area contributed by atoms with Crippen LogP contribution in [0.5, 0.6) is 0 Å². The number of likely N-dealkylation sites (tertiary alicyclic amines) is 1. The molecule has 0 spiro atoms. The first kappa shape index (κ1) is 14.5. The van der Waals surface area contributed by atoms with Crippen LogP contribution in [0.4, 0.5) is 0 Å². The highest BCUT2D eigenvalue weighted by Gasteiger charge is 2.40. The minimum absolute atomic E-state index is 0.0345. The lowest BCUT2D eigenvalue weighted by Crippen LogP contribution is -2.28. The van der Waals surface area contributed by atoms with Crippen LogP contribution in [-0.2, 0) is 11.2 Å². The number of benzene rings is 1. The van der Waals surface area contributed by atoms with Crippen molar-refractivity contribution in [3.63, 3.8) is 0 Å². The molecule has 1 fully saturated rings. The van der Waals surface area contributed by atoms with Crippen molar-refractivity contribution in [2.24, 2.45) is 0 Å². The van der Waals surface area contributed by atoms with Gasteiger partial charge in [-0.3, -0.25) is 4.79 Å². The Bertz CT molecular complexity index is 916. The van der Waals surface area contributed by atoms with Crippen molar-refractivity contribution >= 4 is 5.91 Å². The van der Waals surface area contributed by atoms with Gasteiger partial charge in [0.05, 0.1) is 12.3 Å². The Morgan fingerprint density at radius 1 is 1.16 bits per heavy atom. The number of furan rings is 1. The molecule has 1 aromatic carbocycles.